The highest BCUT2D eigenvalue weighted by atomic mass is 16.6. The molecule has 0 spiro atoms. The van der Waals surface area contributed by atoms with E-state index in [4.69, 9.17) is 18.9 Å². The molecule has 0 aliphatic carbocycles. The van der Waals surface area contributed by atoms with Crippen LogP contribution in [0.1, 0.15) is 92.2 Å². The van der Waals surface area contributed by atoms with Crippen LogP contribution in [0.15, 0.2) is 54.6 Å². The molecular formula is C40H61N2O8+. The van der Waals surface area contributed by atoms with Crippen molar-refractivity contribution in [3.8, 4) is 5.75 Å². The summed E-state index contributed by atoms with van der Waals surface area (Å²) >= 11 is 0. The molecule has 0 heterocycles. The molecule has 3 atom stereocenters. The number of nitrogens with one attached hydrogen (secondary N) is 1. The molecule has 0 fully saturated rings. The Bertz CT molecular complexity index is 1360. The van der Waals surface area contributed by atoms with Crippen molar-refractivity contribution in [1.82, 2.24) is 5.32 Å². The van der Waals surface area contributed by atoms with Crippen molar-refractivity contribution < 1.29 is 43.9 Å². The SMILES string of the molecule is COCCOCCCC(=O)C(CC(=O)OC(C)(C)C)NC(=O)C(Cc1ccccc1)C(C)(C)CC(=O)C([NH3+])Cc1ccc(OC(C)(C)C)cc1. The second-order valence-corrected chi connectivity index (χ2v) is 15.7. The van der Waals surface area contributed by atoms with Gasteiger partial charge in [0.1, 0.15) is 23.0 Å². The number of carbonyl (C=O) groups excluding carboxylic acids is 4. The number of carbonyl (C=O) groups is 4. The molecule has 4 N–H and O–H groups in total. The summed E-state index contributed by atoms with van der Waals surface area (Å²) in [6.45, 7) is 16.2. The van der Waals surface area contributed by atoms with E-state index in [1.54, 1.807) is 27.9 Å². The van der Waals surface area contributed by atoms with Gasteiger partial charge in [-0.05, 0) is 83.1 Å². The fourth-order valence-corrected chi connectivity index (χ4v) is 5.57. The first-order valence-electron chi connectivity index (χ1n) is 17.6. The summed E-state index contributed by atoms with van der Waals surface area (Å²) in [5.74, 6) is -1.28. The first-order valence-corrected chi connectivity index (χ1v) is 17.6. The predicted octanol–water partition coefficient (Wildman–Crippen LogP) is 5.09. The van der Waals surface area contributed by atoms with Crippen molar-refractivity contribution in [2.24, 2.45) is 11.3 Å². The Labute approximate surface area is 299 Å². The maximum atomic E-state index is 14.2. The van der Waals surface area contributed by atoms with Crippen LogP contribution in [0.3, 0.4) is 0 Å². The monoisotopic (exact) mass is 697 g/mol. The molecule has 10 heteroatoms. The van der Waals surface area contributed by atoms with Gasteiger partial charge in [0, 0.05) is 38.9 Å². The average molecular weight is 698 g/mol. The van der Waals surface area contributed by atoms with E-state index in [0.29, 0.717) is 39.1 Å². The van der Waals surface area contributed by atoms with Crippen LogP contribution in [0.25, 0.3) is 0 Å². The largest absolute Gasteiger partial charge is 0.488 e. The van der Waals surface area contributed by atoms with Crippen LogP contribution in [0.2, 0.25) is 0 Å². The van der Waals surface area contributed by atoms with Crippen LogP contribution in [0.5, 0.6) is 5.75 Å². The third-order valence-corrected chi connectivity index (χ3v) is 8.10. The molecule has 3 unspecified atom stereocenters. The van der Waals surface area contributed by atoms with E-state index in [1.165, 1.54) is 0 Å². The van der Waals surface area contributed by atoms with Crippen LogP contribution in [0.4, 0.5) is 0 Å². The third-order valence-electron chi connectivity index (χ3n) is 8.10. The van der Waals surface area contributed by atoms with E-state index < -0.39 is 40.9 Å². The summed E-state index contributed by atoms with van der Waals surface area (Å²) < 4.78 is 21.9. The number of methoxy groups -OCH3 is 1. The Morgan fingerprint density at radius 2 is 1.38 bits per heavy atom. The first-order chi connectivity index (χ1) is 23.3. The minimum Gasteiger partial charge on any atom is -0.488 e. The molecule has 0 saturated heterocycles. The molecule has 2 rings (SSSR count). The lowest BCUT2D eigenvalue weighted by molar-refractivity contribution is -0.403. The van der Waals surface area contributed by atoms with Crippen molar-refractivity contribution in [1.29, 1.82) is 0 Å². The van der Waals surface area contributed by atoms with Crippen LogP contribution < -0.4 is 15.8 Å². The smallest absolute Gasteiger partial charge is 0.308 e. The Kier molecular flexibility index (Phi) is 16.8. The fourth-order valence-electron chi connectivity index (χ4n) is 5.57. The quantitative estimate of drug-likeness (QED) is 0.136. The zero-order valence-electron chi connectivity index (χ0n) is 31.8. The molecule has 50 heavy (non-hydrogen) atoms. The van der Waals surface area contributed by atoms with Crippen molar-refractivity contribution in [3.63, 3.8) is 0 Å². The number of quaternary nitrogens is 1. The summed E-state index contributed by atoms with van der Waals surface area (Å²) in [5, 5.41) is 2.90. The molecule has 10 nitrogen and oxygen atoms in total. The van der Waals surface area contributed by atoms with Gasteiger partial charge in [0.05, 0.1) is 25.7 Å². The van der Waals surface area contributed by atoms with Crippen molar-refractivity contribution in [2.45, 2.75) is 117 Å². The zero-order chi connectivity index (χ0) is 37.5. The minimum atomic E-state index is -1.09. The number of benzene rings is 2. The molecule has 0 aliphatic rings. The van der Waals surface area contributed by atoms with E-state index in [9.17, 15) is 19.2 Å². The number of Topliss-reactive ketones (excluding diaryl/α,β-unsaturated/α-hetero) is 2. The lowest BCUT2D eigenvalue weighted by Gasteiger charge is -2.34. The Morgan fingerprint density at radius 3 is 1.96 bits per heavy atom. The summed E-state index contributed by atoms with van der Waals surface area (Å²) in [6, 6.07) is 15.6. The number of ether oxygens (including phenoxy) is 4. The molecule has 0 bridgehead atoms. The lowest BCUT2D eigenvalue weighted by Crippen LogP contribution is -2.66. The number of rotatable bonds is 21. The van der Waals surface area contributed by atoms with Gasteiger partial charge in [-0.3, -0.25) is 19.2 Å². The lowest BCUT2D eigenvalue weighted by atomic mass is 9.71. The van der Waals surface area contributed by atoms with Gasteiger partial charge in [-0.1, -0.05) is 56.3 Å². The summed E-state index contributed by atoms with van der Waals surface area (Å²) in [6.07, 6.45) is 1.12. The van der Waals surface area contributed by atoms with Crippen LogP contribution in [0, 0.1) is 11.3 Å². The third kappa shape index (κ3) is 16.4. The van der Waals surface area contributed by atoms with E-state index in [0.717, 1.165) is 16.9 Å². The van der Waals surface area contributed by atoms with Gasteiger partial charge in [-0.15, -0.1) is 0 Å². The van der Waals surface area contributed by atoms with E-state index >= 15 is 0 Å². The number of hydrogen-bond acceptors (Lipinski definition) is 8. The van der Waals surface area contributed by atoms with Gasteiger partial charge < -0.3 is 30.0 Å². The zero-order valence-corrected chi connectivity index (χ0v) is 31.8. The summed E-state index contributed by atoms with van der Waals surface area (Å²) in [5.41, 5.74) is 4.17. The predicted molar refractivity (Wildman–Crippen MR) is 194 cm³/mol. The van der Waals surface area contributed by atoms with E-state index in [-0.39, 0.29) is 36.4 Å². The van der Waals surface area contributed by atoms with Crippen molar-refractivity contribution in [3.05, 3.63) is 65.7 Å². The van der Waals surface area contributed by atoms with Gasteiger partial charge in [0.15, 0.2) is 11.6 Å². The highest BCUT2D eigenvalue weighted by Gasteiger charge is 2.40. The number of amides is 1. The standard InChI is InChI=1S/C40H60N2O8/c1-38(2,3)49-30-19-17-29(18-20-30)25-32(41)35(44)27-40(7,8)31(24-28-14-11-10-12-15-28)37(46)42-33(26-36(45)50-39(4,5)6)34(43)16-13-21-48-23-22-47-9/h10-12,14-15,17-20,31-33H,13,16,21-27,41H2,1-9H3,(H,42,46)/p+1. The second-order valence-electron chi connectivity index (χ2n) is 15.7. The van der Waals surface area contributed by atoms with Crippen molar-refractivity contribution in [2.75, 3.05) is 26.9 Å². The normalized spacial score (nSPS) is 14.0. The summed E-state index contributed by atoms with van der Waals surface area (Å²) in [7, 11) is 1.58. The first kappa shape index (κ1) is 42.6. The molecule has 1 amide bonds. The number of ketones is 2. The average Bonchev–Trinajstić information content (AvgIpc) is 3.00. The van der Waals surface area contributed by atoms with Gasteiger partial charge in [-0.2, -0.15) is 0 Å². The summed E-state index contributed by atoms with van der Waals surface area (Å²) in [4.78, 5) is 54.2. The van der Waals surface area contributed by atoms with Gasteiger partial charge in [0.2, 0.25) is 5.91 Å². The van der Waals surface area contributed by atoms with Crippen LogP contribution in [-0.4, -0.2) is 73.7 Å². The minimum absolute atomic E-state index is 0.0641. The number of esters is 1. The molecule has 0 aromatic heterocycles. The highest BCUT2D eigenvalue weighted by molar-refractivity contribution is 5.93. The van der Waals surface area contributed by atoms with E-state index in [2.05, 4.69) is 11.1 Å². The van der Waals surface area contributed by atoms with Gasteiger partial charge in [0.25, 0.3) is 0 Å². The Hall–Kier alpha value is -3.60. The van der Waals surface area contributed by atoms with E-state index in [1.807, 2.05) is 89.2 Å². The molecule has 2 aromatic carbocycles. The second kappa shape index (κ2) is 19.7. The fraction of sp³-hybridized carbons (Fsp3) is 0.600. The van der Waals surface area contributed by atoms with Crippen LogP contribution in [-0.2, 0) is 46.2 Å². The van der Waals surface area contributed by atoms with Crippen molar-refractivity contribution >= 4 is 23.4 Å². The molecule has 278 valence electrons. The van der Waals surface area contributed by atoms with Crippen LogP contribution >= 0.6 is 0 Å². The maximum absolute atomic E-state index is 14.2. The Morgan fingerprint density at radius 1 is 0.760 bits per heavy atom. The Balaban J connectivity index is 2.25. The molecule has 0 aliphatic heterocycles. The van der Waals surface area contributed by atoms with Gasteiger partial charge >= 0.3 is 5.97 Å². The van der Waals surface area contributed by atoms with Gasteiger partial charge in [-0.25, -0.2) is 0 Å². The molecule has 0 radical (unpaired) electrons. The topological polar surface area (TPSA) is 145 Å². The maximum Gasteiger partial charge on any atom is 0.308 e. The highest BCUT2D eigenvalue weighted by Crippen LogP contribution is 2.35. The number of hydrogen-bond donors (Lipinski definition) is 2. The molecule has 2 aromatic rings. The molecular weight excluding hydrogens is 636 g/mol. The molecule has 0 saturated carbocycles.